The minimum absolute atomic E-state index is 0. The molecule has 1 saturated carbocycles. The van der Waals surface area contributed by atoms with E-state index < -0.39 is 5.92 Å². The van der Waals surface area contributed by atoms with Gasteiger partial charge in [-0.2, -0.15) is 0 Å². The molecular weight excluding hydrogens is 506 g/mol. The molecule has 2 aromatic rings. The number of Topliss-reactive ketones (excluding diaryl/α,β-unsaturated/α-hetero) is 1. The molecule has 4 nitrogen and oxygen atoms in total. The van der Waals surface area contributed by atoms with Gasteiger partial charge >= 0.3 is 0 Å². The Labute approximate surface area is 241 Å². The predicted octanol–water partition coefficient (Wildman–Crippen LogP) is 9.60. The lowest BCUT2D eigenvalue weighted by atomic mass is 9.81. The molecule has 1 fully saturated rings. The molecule has 1 unspecified atom stereocenters. The molecule has 2 aliphatic rings. The summed E-state index contributed by atoms with van der Waals surface area (Å²) in [7, 11) is 1.65. The van der Waals surface area contributed by atoms with Crippen molar-refractivity contribution in [2.45, 2.75) is 98.8 Å². The molecule has 4 rings (SSSR count). The lowest BCUT2D eigenvalue weighted by Crippen LogP contribution is -2.24. The molecule has 6 heteroatoms. The first-order chi connectivity index (χ1) is 18.6. The van der Waals surface area contributed by atoms with Gasteiger partial charge < -0.3 is 4.74 Å². The number of nitrogens with zero attached hydrogens (tertiary/aromatic N) is 2. The zero-order valence-corrected chi connectivity index (χ0v) is 24.2. The van der Waals surface area contributed by atoms with Crippen molar-refractivity contribution in [2.24, 2.45) is 5.92 Å². The molecule has 0 amide bonds. The monoisotopic (exact) mass is 554 g/mol. The number of carbonyl (C=O) groups excluding carboxylic acids is 1. The van der Waals surface area contributed by atoms with Crippen LogP contribution in [0.2, 0.25) is 0 Å². The summed E-state index contributed by atoms with van der Waals surface area (Å²) in [5, 5.41) is 0. The summed E-state index contributed by atoms with van der Waals surface area (Å²) in [6.45, 7) is 13.6. The van der Waals surface area contributed by atoms with Crippen LogP contribution in [0.25, 0.3) is 11.1 Å². The topological polar surface area (TPSA) is 52.1 Å². The van der Waals surface area contributed by atoms with E-state index in [2.05, 4.69) is 23.7 Å². The van der Waals surface area contributed by atoms with Gasteiger partial charge in [0.1, 0.15) is 11.5 Å². The highest BCUT2D eigenvalue weighted by Crippen LogP contribution is 2.44. The number of alkyl halides is 2. The van der Waals surface area contributed by atoms with E-state index in [0.29, 0.717) is 25.2 Å². The molecule has 0 radical (unpaired) electrons. The number of fused-ring (bicyclic) bond motifs is 1. The van der Waals surface area contributed by atoms with E-state index in [1.165, 1.54) is 0 Å². The van der Waals surface area contributed by atoms with Gasteiger partial charge in [-0.05, 0) is 75.6 Å². The third kappa shape index (κ3) is 7.96. The smallest absolute Gasteiger partial charge is 0.248 e. The van der Waals surface area contributed by atoms with Crippen molar-refractivity contribution in [1.82, 2.24) is 9.97 Å². The van der Waals surface area contributed by atoms with E-state index in [1.807, 2.05) is 52.2 Å². The Hall–Kier alpha value is -3.15. The van der Waals surface area contributed by atoms with E-state index in [4.69, 9.17) is 9.72 Å². The Bertz CT molecular complexity index is 1240. The maximum absolute atomic E-state index is 13.7. The highest BCUT2D eigenvalue weighted by molar-refractivity contribution is 5.86. The van der Waals surface area contributed by atoms with E-state index in [0.717, 1.165) is 63.4 Å². The number of pyridine rings is 2. The molecule has 220 valence electrons. The van der Waals surface area contributed by atoms with Crippen LogP contribution in [-0.4, -0.2) is 28.8 Å². The van der Waals surface area contributed by atoms with Crippen molar-refractivity contribution in [3.8, 4) is 0 Å². The molecule has 2 heterocycles. The van der Waals surface area contributed by atoms with Crippen LogP contribution in [0.1, 0.15) is 116 Å². The molecule has 0 aliphatic heterocycles. The second-order valence-corrected chi connectivity index (χ2v) is 10.6. The molecule has 0 aromatic carbocycles. The number of methoxy groups -OCH3 is 1. The maximum atomic E-state index is 13.7. The number of aromatic nitrogens is 2. The third-order valence-corrected chi connectivity index (χ3v) is 7.60. The van der Waals surface area contributed by atoms with E-state index in [-0.39, 0.29) is 33.4 Å². The molecule has 0 spiro atoms. The minimum atomic E-state index is -2.51. The van der Waals surface area contributed by atoms with Crippen LogP contribution in [0.15, 0.2) is 54.6 Å². The Balaban J connectivity index is 0.00000206. The number of halogens is 2. The molecule has 1 atom stereocenters. The second kappa shape index (κ2) is 14.5. The van der Waals surface area contributed by atoms with Crippen LogP contribution >= 0.6 is 0 Å². The van der Waals surface area contributed by atoms with Gasteiger partial charge in [-0.3, -0.25) is 14.8 Å². The van der Waals surface area contributed by atoms with Gasteiger partial charge in [-0.25, -0.2) is 8.78 Å². The number of allylic oxidation sites excluding steroid dienone is 4. The van der Waals surface area contributed by atoms with Crippen molar-refractivity contribution in [1.29, 1.82) is 0 Å². The maximum Gasteiger partial charge on any atom is 0.248 e. The lowest BCUT2D eigenvalue weighted by molar-refractivity contribution is -0.116. The Morgan fingerprint density at radius 1 is 1.10 bits per heavy atom. The third-order valence-electron chi connectivity index (χ3n) is 7.60. The fourth-order valence-corrected chi connectivity index (χ4v) is 5.57. The predicted molar refractivity (Wildman–Crippen MR) is 163 cm³/mol. The van der Waals surface area contributed by atoms with E-state index in [1.54, 1.807) is 14.0 Å². The number of ketones is 1. The summed E-state index contributed by atoms with van der Waals surface area (Å²) >= 11 is 0. The van der Waals surface area contributed by atoms with Crippen LogP contribution in [0.3, 0.4) is 0 Å². The average Bonchev–Trinajstić information content (AvgIpc) is 3.27. The fraction of sp³-hybridized carbons (Fsp3) is 0.500. The Kier molecular flexibility index (Phi) is 12.0. The van der Waals surface area contributed by atoms with Gasteiger partial charge in [-0.1, -0.05) is 40.0 Å². The van der Waals surface area contributed by atoms with Gasteiger partial charge in [0, 0.05) is 67.0 Å². The number of carbonyl (C=O) groups is 1. The normalized spacial score (nSPS) is 18.3. The second-order valence-electron chi connectivity index (χ2n) is 10.6. The number of hydrogen-bond donors (Lipinski definition) is 0. The van der Waals surface area contributed by atoms with Gasteiger partial charge in [0.2, 0.25) is 5.92 Å². The quantitative estimate of drug-likeness (QED) is 0.229. The Morgan fingerprint density at radius 2 is 1.77 bits per heavy atom. The summed E-state index contributed by atoms with van der Waals surface area (Å²) in [5.41, 5.74) is 7.57. The van der Waals surface area contributed by atoms with E-state index >= 15 is 0 Å². The molecule has 2 aliphatic carbocycles. The van der Waals surface area contributed by atoms with Gasteiger partial charge in [-0.15, -0.1) is 0 Å². The first kappa shape index (κ1) is 33.1. The summed E-state index contributed by atoms with van der Waals surface area (Å²) in [5.74, 6) is -1.19. The molecule has 0 bridgehead atoms. The van der Waals surface area contributed by atoms with Crippen molar-refractivity contribution < 1.29 is 19.7 Å². The average molecular weight is 555 g/mol. The van der Waals surface area contributed by atoms with Crippen LogP contribution in [0.5, 0.6) is 0 Å². The first-order valence-electron chi connectivity index (χ1n) is 14.0. The first-order valence-corrected chi connectivity index (χ1v) is 14.0. The van der Waals surface area contributed by atoms with Crippen LogP contribution in [0, 0.1) is 5.92 Å². The molecule has 0 N–H and O–H groups in total. The van der Waals surface area contributed by atoms with Gasteiger partial charge in [0.15, 0.2) is 0 Å². The summed E-state index contributed by atoms with van der Waals surface area (Å²) in [6.07, 6.45) is 9.17. The highest BCUT2D eigenvalue weighted by atomic mass is 19.3. The Morgan fingerprint density at radius 3 is 2.33 bits per heavy atom. The molecular formula is C34H48F2N2O2. The number of hydrogen-bond acceptors (Lipinski definition) is 4. The number of ether oxygens (including phenoxy) is 1. The number of rotatable bonds is 9. The summed E-state index contributed by atoms with van der Waals surface area (Å²) < 4.78 is 32.9. The van der Waals surface area contributed by atoms with Crippen molar-refractivity contribution in [2.75, 3.05) is 7.11 Å². The van der Waals surface area contributed by atoms with Crippen molar-refractivity contribution >= 4 is 16.9 Å². The van der Waals surface area contributed by atoms with E-state index in [9.17, 15) is 13.6 Å². The highest BCUT2D eigenvalue weighted by Gasteiger charge is 2.35. The molecule has 0 saturated heterocycles. The van der Waals surface area contributed by atoms with Crippen LogP contribution in [-0.2, 0) is 16.0 Å². The summed E-state index contributed by atoms with van der Waals surface area (Å²) in [4.78, 5) is 20.9. The molecule has 40 heavy (non-hydrogen) atoms. The van der Waals surface area contributed by atoms with Crippen LogP contribution < -0.4 is 0 Å². The van der Waals surface area contributed by atoms with Gasteiger partial charge in [0.05, 0.1) is 12.8 Å². The van der Waals surface area contributed by atoms with Gasteiger partial charge in [0.25, 0.3) is 0 Å². The minimum Gasteiger partial charge on any atom is -0.501 e. The fourth-order valence-electron chi connectivity index (χ4n) is 5.57. The zero-order valence-electron chi connectivity index (χ0n) is 24.2. The molecule has 2 aromatic heterocycles. The summed E-state index contributed by atoms with van der Waals surface area (Å²) in [6, 6.07) is 6.07. The zero-order chi connectivity index (χ0) is 28.7. The van der Waals surface area contributed by atoms with Crippen LogP contribution in [0.4, 0.5) is 8.78 Å². The van der Waals surface area contributed by atoms with Crippen molar-refractivity contribution in [3.63, 3.8) is 0 Å². The lowest BCUT2D eigenvalue weighted by Gasteiger charge is -2.28. The standard InChI is InChI=1S/C31H36F2N2O2.C2H6.CH4.H2/c1-19(2)29(21(4)37-5)25-16-27-23(7-6-22-10-12-31(32,33)13-11-22)15-28(30(27)35-18-25)24-8-9-26(34-17-24)14-20(3)36;1-2;;/h8-9,15-18,22-23H,1,6-7,10-14H2,2-5H3;1-2H3;1H4;1H/b29-21+;;;. The SMILES string of the molecule is C.C=C(C)/C(=C(/C)OC)c1cnc2c(c1)C(CCC1CCC(F)(F)CC1)C=C2c1ccc(CC(C)=O)nc1.CC.[HH]. The van der Waals surface area contributed by atoms with Crippen molar-refractivity contribution in [3.05, 3.63) is 82.7 Å². The largest absolute Gasteiger partial charge is 0.501 e.